The zero-order valence-corrected chi connectivity index (χ0v) is 13.0. The molecular formula is C15H12ClNO6. The van der Waals surface area contributed by atoms with E-state index in [2.05, 4.69) is 4.74 Å². The highest BCUT2D eigenvalue weighted by molar-refractivity contribution is 6.35. The van der Waals surface area contributed by atoms with Crippen LogP contribution in [0.4, 0.5) is 5.69 Å². The van der Waals surface area contributed by atoms with Gasteiger partial charge in [-0.3, -0.25) is 10.1 Å². The van der Waals surface area contributed by atoms with Crippen molar-refractivity contribution in [3.63, 3.8) is 0 Å². The maximum absolute atomic E-state index is 11.8. The number of ether oxygens (including phenoxy) is 3. The quantitative estimate of drug-likeness (QED) is 0.468. The molecule has 0 unspecified atom stereocenters. The van der Waals surface area contributed by atoms with Gasteiger partial charge in [0.2, 0.25) is 0 Å². The van der Waals surface area contributed by atoms with Crippen molar-refractivity contribution in [1.29, 1.82) is 0 Å². The number of methoxy groups -OCH3 is 2. The molecule has 0 radical (unpaired) electrons. The van der Waals surface area contributed by atoms with Crippen molar-refractivity contribution in [2.24, 2.45) is 0 Å². The van der Waals surface area contributed by atoms with Crippen LogP contribution in [-0.2, 0) is 4.74 Å². The molecule has 0 aromatic heterocycles. The Kier molecular flexibility index (Phi) is 5.02. The number of halogens is 1. The van der Waals surface area contributed by atoms with Crippen molar-refractivity contribution in [3.05, 3.63) is 57.1 Å². The van der Waals surface area contributed by atoms with E-state index in [1.165, 1.54) is 13.2 Å². The molecule has 120 valence electrons. The zero-order chi connectivity index (χ0) is 17.0. The molecule has 2 aromatic rings. The Morgan fingerprint density at radius 1 is 1.09 bits per heavy atom. The SMILES string of the molecule is COC(=O)c1c([N+](=O)[O-])ccc(Oc2ccc(OC)cc2)c1Cl. The molecule has 0 amide bonds. The average Bonchev–Trinajstić information content (AvgIpc) is 2.56. The van der Waals surface area contributed by atoms with Gasteiger partial charge < -0.3 is 14.2 Å². The van der Waals surface area contributed by atoms with E-state index in [4.69, 9.17) is 21.1 Å². The lowest BCUT2D eigenvalue weighted by Gasteiger charge is -2.11. The number of carbonyl (C=O) groups is 1. The van der Waals surface area contributed by atoms with Crippen LogP contribution < -0.4 is 9.47 Å². The summed E-state index contributed by atoms with van der Waals surface area (Å²) in [7, 11) is 2.64. The van der Waals surface area contributed by atoms with E-state index in [1.807, 2.05) is 0 Å². The van der Waals surface area contributed by atoms with Crippen LogP contribution >= 0.6 is 11.6 Å². The third-order valence-corrected chi connectivity index (χ3v) is 3.33. The van der Waals surface area contributed by atoms with Gasteiger partial charge in [-0.15, -0.1) is 0 Å². The van der Waals surface area contributed by atoms with Crippen LogP contribution in [0.5, 0.6) is 17.2 Å². The molecule has 23 heavy (non-hydrogen) atoms. The summed E-state index contributed by atoms with van der Waals surface area (Å²) >= 11 is 6.09. The Bertz CT molecular complexity index is 744. The molecule has 0 saturated heterocycles. The fraction of sp³-hybridized carbons (Fsp3) is 0.133. The monoisotopic (exact) mass is 337 g/mol. The van der Waals surface area contributed by atoms with Gasteiger partial charge >= 0.3 is 5.97 Å². The van der Waals surface area contributed by atoms with E-state index in [1.54, 1.807) is 24.3 Å². The minimum atomic E-state index is -0.915. The fourth-order valence-corrected chi connectivity index (χ4v) is 2.12. The standard InChI is InChI=1S/C15H12ClNO6/c1-21-9-3-5-10(6-4-9)23-12-8-7-11(17(19)20)13(14(12)16)15(18)22-2/h3-8H,1-2H3. The number of rotatable bonds is 5. The number of benzene rings is 2. The van der Waals surface area contributed by atoms with E-state index in [0.717, 1.165) is 13.2 Å². The molecule has 2 rings (SSSR count). The van der Waals surface area contributed by atoms with Crippen LogP contribution in [0.3, 0.4) is 0 Å². The highest BCUT2D eigenvalue weighted by Crippen LogP contribution is 2.37. The minimum Gasteiger partial charge on any atom is -0.497 e. The predicted molar refractivity (Wildman–Crippen MR) is 82.5 cm³/mol. The van der Waals surface area contributed by atoms with Gasteiger partial charge in [0.05, 0.1) is 19.1 Å². The largest absolute Gasteiger partial charge is 0.497 e. The summed E-state index contributed by atoms with van der Waals surface area (Å²) in [5, 5.41) is 10.8. The summed E-state index contributed by atoms with van der Waals surface area (Å²) in [6.07, 6.45) is 0. The second-order valence-electron chi connectivity index (χ2n) is 4.30. The zero-order valence-electron chi connectivity index (χ0n) is 12.2. The fourth-order valence-electron chi connectivity index (χ4n) is 1.84. The Balaban J connectivity index is 2.43. The first-order valence-electron chi connectivity index (χ1n) is 6.35. The second kappa shape index (κ2) is 6.97. The molecule has 2 aromatic carbocycles. The topological polar surface area (TPSA) is 87.9 Å². The van der Waals surface area contributed by atoms with Gasteiger partial charge in [-0.05, 0) is 30.3 Å². The van der Waals surface area contributed by atoms with Crippen LogP contribution in [0.2, 0.25) is 5.02 Å². The summed E-state index contributed by atoms with van der Waals surface area (Å²) < 4.78 is 15.1. The van der Waals surface area contributed by atoms with Crippen molar-refractivity contribution in [2.75, 3.05) is 14.2 Å². The predicted octanol–water partition coefficient (Wildman–Crippen LogP) is 3.84. The van der Waals surface area contributed by atoms with Crippen LogP contribution in [0.25, 0.3) is 0 Å². The lowest BCUT2D eigenvalue weighted by Crippen LogP contribution is -2.07. The molecule has 0 N–H and O–H groups in total. The van der Waals surface area contributed by atoms with Crippen molar-refractivity contribution in [2.45, 2.75) is 0 Å². The minimum absolute atomic E-state index is 0.0998. The van der Waals surface area contributed by atoms with Crippen molar-refractivity contribution in [1.82, 2.24) is 0 Å². The van der Waals surface area contributed by atoms with Gasteiger partial charge in [-0.2, -0.15) is 0 Å². The smallest absolute Gasteiger partial charge is 0.346 e. The van der Waals surface area contributed by atoms with Crippen LogP contribution in [0.15, 0.2) is 36.4 Å². The lowest BCUT2D eigenvalue weighted by molar-refractivity contribution is -0.385. The number of nitrogens with zero attached hydrogens (tertiary/aromatic N) is 1. The molecule has 0 bridgehead atoms. The molecule has 8 heteroatoms. The molecule has 0 aliphatic carbocycles. The first-order valence-corrected chi connectivity index (χ1v) is 6.72. The Labute approximate surface area is 136 Å². The third kappa shape index (κ3) is 3.51. The highest BCUT2D eigenvalue weighted by Gasteiger charge is 2.27. The van der Waals surface area contributed by atoms with Gasteiger partial charge in [0.1, 0.15) is 22.3 Å². The van der Waals surface area contributed by atoms with Gasteiger partial charge in [-0.1, -0.05) is 11.6 Å². The Hall–Kier alpha value is -2.80. The molecule has 7 nitrogen and oxygen atoms in total. The Morgan fingerprint density at radius 2 is 1.70 bits per heavy atom. The molecule has 0 aliphatic rings. The normalized spacial score (nSPS) is 10.0. The molecule has 0 fully saturated rings. The van der Waals surface area contributed by atoms with Gasteiger partial charge in [0, 0.05) is 6.07 Å². The van der Waals surface area contributed by atoms with Gasteiger partial charge in [0.25, 0.3) is 5.69 Å². The molecule has 0 aliphatic heterocycles. The van der Waals surface area contributed by atoms with E-state index in [0.29, 0.717) is 11.5 Å². The highest BCUT2D eigenvalue weighted by atomic mass is 35.5. The van der Waals surface area contributed by atoms with Crippen molar-refractivity contribution >= 4 is 23.3 Å². The number of nitro benzene ring substituents is 1. The van der Waals surface area contributed by atoms with Crippen LogP contribution in [0, 0.1) is 10.1 Å². The van der Waals surface area contributed by atoms with E-state index < -0.39 is 16.6 Å². The molecule has 0 spiro atoms. The van der Waals surface area contributed by atoms with Crippen molar-refractivity contribution in [3.8, 4) is 17.2 Å². The molecule has 0 heterocycles. The maximum Gasteiger partial charge on any atom is 0.346 e. The molecule has 0 atom stereocenters. The average molecular weight is 338 g/mol. The summed E-state index contributed by atoms with van der Waals surface area (Å²) in [6.45, 7) is 0. The maximum atomic E-state index is 11.8. The summed E-state index contributed by atoms with van der Waals surface area (Å²) in [5.41, 5.74) is -0.811. The van der Waals surface area contributed by atoms with Crippen molar-refractivity contribution < 1.29 is 23.9 Å². The third-order valence-electron chi connectivity index (χ3n) is 2.96. The number of carbonyl (C=O) groups excluding carboxylic acids is 1. The summed E-state index contributed by atoms with van der Waals surface area (Å²) in [4.78, 5) is 22.1. The number of hydrogen-bond acceptors (Lipinski definition) is 6. The number of nitro groups is 1. The second-order valence-corrected chi connectivity index (χ2v) is 4.68. The number of esters is 1. The molecule has 0 saturated carbocycles. The van der Waals surface area contributed by atoms with Crippen LogP contribution in [-0.4, -0.2) is 25.1 Å². The van der Waals surface area contributed by atoms with Gasteiger partial charge in [-0.25, -0.2) is 4.79 Å². The summed E-state index contributed by atoms with van der Waals surface area (Å²) in [5.74, 6) is 0.254. The lowest BCUT2D eigenvalue weighted by atomic mass is 10.1. The van der Waals surface area contributed by atoms with E-state index >= 15 is 0 Å². The van der Waals surface area contributed by atoms with Gasteiger partial charge in [0.15, 0.2) is 5.56 Å². The first kappa shape index (κ1) is 16.6. The van der Waals surface area contributed by atoms with E-state index in [-0.39, 0.29) is 16.3 Å². The van der Waals surface area contributed by atoms with E-state index in [9.17, 15) is 14.9 Å². The first-order chi connectivity index (χ1) is 11.0. The summed E-state index contributed by atoms with van der Waals surface area (Å²) in [6, 6.07) is 9.07. The Morgan fingerprint density at radius 3 is 2.22 bits per heavy atom. The molecular weight excluding hydrogens is 326 g/mol. The van der Waals surface area contributed by atoms with Crippen LogP contribution in [0.1, 0.15) is 10.4 Å². The number of hydrogen-bond donors (Lipinski definition) is 0.